The van der Waals surface area contributed by atoms with Gasteiger partial charge in [0.2, 0.25) is 0 Å². The van der Waals surface area contributed by atoms with Crippen LogP contribution in [0.15, 0.2) is 52.3 Å². The van der Waals surface area contributed by atoms with Crippen molar-refractivity contribution in [2.75, 3.05) is 18.0 Å². The summed E-state index contributed by atoms with van der Waals surface area (Å²) in [6, 6.07) is 11.1. The van der Waals surface area contributed by atoms with Gasteiger partial charge in [-0.3, -0.25) is 18.9 Å². The van der Waals surface area contributed by atoms with Gasteiger partial charge in [-0.2, -0.15) is 18.4 Å². The Morgan fingerprint density at radius 3 is 2.71 bits per heavy atom. The number of pyridine rings is 1. The number of anilines is 1. The molecule has 2 aliphatic rings. The Bertz CT molecular complexity index is 1850. The number of nitrogens with zero attached hydrogens (tertiary/aromatic N) is 5. The van der Waals surface area contributed by atoms with Gasteiger partial charge in [0.1, 0.15) is 6.54 Å². The van der Waals surface area contributed by atoms with Gasteiger partial charge >= 0.3 is 11.9 Å². The van der Waals surface area contributed by atoms with E-state index in [1.807, 2.05) is 18.2 Å². The number of nitrogens with one attached hydrogen (secondary N) is 1. The standard InChI is InChI=1S/C30H29F3N6O2S/c1-29(2)13-20(15-36-29)38-8-3-4-19-10-18(14-34)11-23(26(19)38)22-5-7-35-24-12-21(42-27(22)24)16-39-25(40)6-9-37(28(39)41)17-30(31,32)33/h5-7,9-12,20,36H,3-4,8,13,15-17H2,1-2H3/t20-/m0/s1. The molecule has 0 bridgehead atoms. The number of halogens is 3. The second kappa shape index (κ2) is 10.4. The maximum absolute atomic E-state index is 13.0. The van der Waals surface area contributed by atoms with Gasteiger partial charge in [0.05, 0.1) is 28.4 Å². The van der Waals surface area contributed by atoms with E-state index in [4.69, 9.17) is 0 Å². The highest BCUT2D eigenvalue weighted by Gasteiger charge is 2.37. The third-order valence-corrected chi connectivity index (χ3v) is 9.15. The first-order valence-corrected chi connectivity index (χ1v) is 14.6. The largest absolute Gasteiger partial charge is 0.406 e. The van der Waals surface area contributed by atoms with Gasteiger partial charge < -0.3 is 10.2 Å². The Kier molecular flexibility index (Phi) is 6.98. The summed E-state index contributed by atoms with van der Waals surface area (Å²) in [7, 11) is 0. The minimum atomic E-state index is -4.60. The van der Waals surface area contributed by atoms with Crippen LogP contribution in [0.5, 0.6) is 0 Å². The van der Waals surface area contributed by atoms with Crippen LogP contribution in [-0.2, 0) is 19.5 Å². The van der Waals surface area contributed by atoms with Crippen LogP contribution in [0.4, 0.5) is 18.9 Å². The van der Waals surface area contributed by atoms with E-state index in [0.29, 0.717) is 26.6 Å². The number of benzene rings is 1. The minimum absolute atomic E-state index is 0.0236. The molecule has 1 atom stereocenters. The summed E-state index contributed by atoms with van der Waals surface area (Å²) in [5.74, 6) is 0. The zero-order valence-electron chi connectivity index (χ0n) is 23.2. The Morgan fingerprint density at radius 2 is 2.00 bits per heavy atom. The smallest absolute Gasteiger partial charge is 0.366 e. The van der Waals surface area contributed by atoms with E-state index in [-0.39, 0.29) is 12.1 Å². The second-order valence-electron chi connectivity index (χ2n) is 11.6. The lowest BCUT2D eigenvalue weighted by Crippen LogP contribution is -2.41. The Labute approximate surface area is 243 Å². The van der Waals surface area contributed by atoms with Crippen molar-refractivity contribution < 1.29 is 13.2 Å². The van der Waals surface area contributed by atoms with Crippen molar-refractivity contribution >= 4 is 27.2 Å². The van der Waals surface area contributed by atoms with E-state index in [9.17, 15) is 28.0 Å². The normalized spacial score (nSPS) is 18.3. The molecule has 218 valence electrons. The van der Waals surface area contributed by atoms with Crippen LogP contribution in [-0.4, -0.2) is 45.0 Å². The van der Waals surface area contributed by atoms with Gasteiger partial charge in [-0.1, -0.05) is 0 Å². The van der Waals surface area contributed by atoms with Gasteiger partial charge in [0.15, 0.2) is 0 Å². The fourth-order valence-corrected chi connectivity index (χ4v) is 7.34. The Hall–Kier alpha value is -3.95. The van der Waals surface area contributed by atoms with Gasteiger partial charge in [-0.25, -0.2) is 4.79 Å². The number of fused-ring (bicyclic) bond motifs is 2. The van der Waals surface area contributed by atoms with Crippen molar-refractivity contribution in [1.82, 2.24) is 19.4 Å². The van der Waals surface area contributed by atoms with E-state index in [0.717, 1.165) is 76.3 Å². The monoisotopic (exact) mass is 594 g/mol. The van der Waals surface area contributed by atoms with Gasteiger partial charge in [0, 0.05) is 64.8 Å². The van der Waals surface area contributed by atoms with E-state index >= 15 is 0 Å². The molecule has 0 spiro atoms. The summed E-state index contributed by atoms with van der Waals surface area (Å²) in [5.41, 5.74) is 3.59. The minimum Gasteiger partial charge on any atom is -0.366 e. The third kappa shape index (κ3) is 5.34. The van der Waals surface area contributed by atoms with Crippen LogP contribution >= 0.6 is 11.3 Å². The first-order valence-electron chi connectivity index (χ1n) is 13.8. The number of alkyl halides is 3. The first-order chi connectivity index (χ1) is 19.9. The summed E-state index contributed by atoms with van der Waals surface area (Å²) in [6.07, 6.45) is 0.805. The van der Waals surface area contributed by atoms with Crippen molar-refractivity contribution in [2.24, 2.45) is 0 Å². The molecule has 1 N–H and O–H groups in total. The molecule has 1 fully saturated rings. The molecule has 1 saturated heterocycles. The van der Waals surface area contributed by atoms with Crippen molar-refractivity contribution in [2.45, 2.75) is 64.0 Å². The predicted octanol–water partition coefficient (Wildman–Crippen LogP) is 4.66. The molecule has 12 heteroatoms. The van der Waals surface area contributed by atoms with E-state index in [1.165, 1.54) is 11.3 Å². The number of hydrogen-bond donors (Lipinski definition) is 1. The molecule has 0 aliphatic carbocycles. The van der Waals surface area contributed by atoms with Crippen molar-refractivity contribution in [3.63, 3.8) is 0 Å². The molecular weight excluding hydrogens is 565 g/mol. The van der Waals surface area contributed by atoms with Crippen LogP contribution in [0, 0.1) is 11.3 Å². The topological polar surface area (TPSA) is 95.9 Å². The molecule has 0 radical (unpaired) electrons. The number of rotatable bonds is 5. The molecule has 42 heavy (non-hydrogen) atoms. The molecule has 0 amide bonds. The first kappa shape index (κ1) is 28.2. The van der Waals surface area contributed by atoms with Gasteiger partial charge in [-0.05, 0) is 62.9 Å². The molecular formula is C30H29F3N6O2S. The zero-order chi connectivity index (χ0) is 29.8. The van der Waals surface area contributed by atoms with E-state index < -0.39 is 24.0 Å². The molecule has 5 heterocycles. The molecule has 2 aliphatic heterocycles. The summed E-state index contributed by atoms with van der Waals surface area (Å²) < 4.78 is 41.1. The van der Waals surface area contributed by atoms with Crippen LogP contribution in [0.2, 0.25) is 0 Å². The van der Waals surface area contributed by atoms with Gasteiger partial charge in [-0.15, -0.1) is 11.3 Å². The number of nitriles is 1. The maximum Gasteiger partial charge on any atom is 0.406 e. The third-order valence-electron chi connectivity index (χ3n) is 8.01. The lowest BCUT2D eigenvalue weighted by molar-refractivity contribution is -0.141. The lowest BCUT2D eigenvalue weighted by atomic mass is 9.90. The van der Waals surface area contributed by atoms with Crippen LogP contribution < -0.4 is 21.5 Å². The molecule has 0 saturated carbocycles. The Morgan fingerprint density at radius 1 is 1.19 bits per heavy atom. The van der Waals surface area contributed by atoms with Gasteiger partial charge in [0.25, 0.3) is 5.56 Å². The molecule has 8 nitrogen and oxygen atoms in total. The second-order valence-corrected chi connectivity index (χ2v) is 12.8. The molecule has 1 aromatic carbocycles. The summed E-state index contributed by atoms with van der Waals surface area (Å²) in [6.45, 7) is 4.51. The maximum atomic E-state index is 13.0. The van der Waals surface area contributed by atoms with E-state index in [2.05, 4.69) is 35.1 Å². The SMILES string of the molecule is CC1(C)C[C@H](N2CCCc3cc(C#N)cc(-c4ccnc5cc(Cn6c(=O)ccn(CC(F)(F)F)c6=O)sc45)c32)CN1. The average molecular weight is 595 g/mol. The van der Waals surface area contributed by atoms with Crippen molar-refractivity contribution in [3.8, 4) is 17.2 Å². The molecule has 4 aromatic rings. The van der Waals surface area contributed by atoms with E-state index in [1.54, 1.807) is 12.3 Å². The number of thiophene rings is 1. The molecule has 0 unspecified atom stereocenters. The van der Waals surface area contributed by atoms with Crippen LogP contribution in [0.3, 0.4) is 0 Å². The highest BCUT2D eigenvalue weighted by Crippen LogP contribution is 2.44. The highest BCUT2D eigenvalue weighted by molar-refractivity contribution is 7.19. The number of hydrogen-bond acceptors (Lipinski definition) is 7. The van der Waals surface area contributed by atoms with Crippen LogP contribution in [0.1, 0.15) is 42.7 Å². The zero-order valence-corrected chi connectivity index (χ0v) is 24.0. The van der Waals surface area contributed by atoms with Crippen molar-refractivity contribution in [3.05, 3.63) is 79.6 Å². The quantitative estimate of drug-likeness (QED) is 0.361. The highest BCUT2D eigenvalue weighted by atomic mass is 32.1. The number of aromatic nitrogens is 3. The number of aryl methyl sites for hydroxylation is 1. The molecule has 3 aromatic heterocycles. The van der Waals surface area contributed by atoms with Crippen LogP contribution in [0.25, 0.3) is 21.3 Å². The summed E-state index contributed by atoms with van der Waals surface area (Å²) in [4.78, 5) is 32.9. The lowest BCUT2D eigenvalue weighted by Gasteiger charge is -2.38. The Balaban J connectivity index is 1.45. The molecule has 6 rings (SSSR count). The fraction of sp³-hybridized carbons (Fsp3) is 0.400. The summed E-state index contributed by atoms with van der Waals surface area (Å²) in [5, 5.41) is 13.5. The average Bonchev–Trinajstić information content (AvgIpc) is 3.53. The van der Waals surface area contributed by atoms with Crippen molar-refractivity contribution in [1.29, 1.82) is 5.26 Å². The fourth-order valence-electron chi connectivity index (χ4n) is 6.21. The summed E-state index contributed by atoms with van der Waals surface area (Å²) >= 11 is 1.34. The predicted molar refractivity (Wildman–Crippen MR) is 156 cm³/mol.